The molecule has 1 unspecified atom stereocenters. The number of rotatable bonds is 17. The highest BCUT2D eigenvalue weighted by Gasteiger charge is 2.55. The second kappa shape index (κ2) is 16.9. The number of aliphatic carboxylic acids is 1. The van der Waals surface area contributed by atoms with Crippen LogP contribution < -0.4 is 16.0 Å². The smallest absolute Gasteiger partial charge is 0.314 e. The van der Waals surface area contributed by atoms with Crippen LogP contribution in [-0.4, -0.2) is 123 Å². The largest absolute Gasteiger partial charge is 0.481 e. The molecule has 2 saturated heterocycles. The predicted molar refractivity (Wildman–Crippen MR) is 145 cm³/mol. The SMILES string of the molecule is CC(CCSSSCCC(=O)NCCNC(=O)CCC(=O)O)C(=O)OC[C@@H]1[C@@H](O)[C@H](O)[C@H](O)[C@H]2NC(=O)C(=O)N12. The predicted octanol–water partition coefficient (Wildman–Crippen LogP) is -2.18. The molecule has 0 aliphatic carbocycles. The molecule has 0 aromatic rings. The Bertz CT molecular complexity index is 944. The second-order valence-corrected chi connectivity index (χ2v) is 13.5. The van der Waals surface area contributed by atoms with Gasteiger partial charge < -0.3 is 46.0 Å². The number of piperidine rings is 1. The number of nitrogens with one attached hydrogen (secondary N) is 3. The van der Waals surface area contributed by atoms with Crippen LogP contribution in [0, 0.1) is 5.92 Å². The fourth-order valence-corrected chi connectivity index (χ4v) is 7.68. The molecular weight excluding hydrogens is 592 g/mol. The lowest BCUT2D eigenvalue weighted by Crippen LogP contribution is -2.68. The Morgan fingerprint density at radius 1 is 0.950 bits per heavy atom. The number of aliphatic hydroxyl groups excluding tert-OH is 3. The van der Waals surface area contributed by atoms with Gasteiger partial charge in [-0.05, 0) is 16.2 Å². The molecule has 226 valence electrons. The van der Waals surface area contributed by atoms with E-state index >= 15 is 0 Å². The molecule has 2 aliphatic heterocycles. The van der Waals surface area contributed by atoms with Crippen LogP contribution in [0.5, 0.6) is 0 Å². The summed E-state index contributed by atoms with van der Waals surface area (Å²) in [6, 6.07) is -1.20. The summed E-state index contributed by atoms with van der Waals surface area (Å²) in [4.78, 5) is 70.8. The summed E-state index contributed by atoms with van der Waals surface area (Å²) in [5, 5.41) is 46.3. The highest BCUT2D eigenvalue weighted by molar-refractivity contribution is 9.09. The van der Waals surface area contributed by atoms with Gasteiger partial charge in [-0.15, -0.1) is 0 Å². The normalized spacial score (nSPS) is 24.6. The number of carbonyl (C=O) groups excluding carboxylic acids is 5. The molecule has 2 heterocycles. The molecular formula is C22H34N4O11S3. The summed E-state index contributed by atoms with van der Waals surface area (Å²) in [7, 11) is 4.43. The van der Waals surface area contributed by atoms with Gasteiger partial charge >= 0.3 is 23.8 Å². The summed E-state index contributed by atoms with van der Waals surface area (Å²) in [6.07, 6.45) is -5.69. The van der Waals surface area contributed by atoms with Crippen LogP contribution in [0.2, 0.25) is 0 Å². The molecule has 0 aromatic heterocycles. The van der Waals surface area contributed by atoms with Gasteiger partial charge in [0.2, 0.25) is 11.8 Å². The van der Waals surface area contributed by atoms with Crippen molar-refractivity contribution in [3.63, 3.8) is 0 Å². The monoisotopic (exact) mass is 626 g/mol. The van der Waals surface area contributed by atoms with Crippen molar-refractivity contribution in [2.45, 2.75) is 63.1 Å². The lowest BCUT2D eigenvalue weighted by Gasteiger charge is -2.44. The number of ether oxygens (including phenoxy) is 1. The molecule has 0 saturated carbocycles. The lowest BCUT2D eigenvalue weighted by molar-refractivity contribution is -0.182. The Kier molecular flexibility index (Phi) is 14.3. The third-order valence-electron chi connectivity index (χ3n) is 6.06. The van der Waals surface area contributed by atoms with E-state index in [1.807, 2.05) is 0 Å². The fourth-order valence-electron chi connectivity index (χ4n) is 3.77. The maximum absolute atomic E-state index is 12.4. The number of amides is 4. The van der Waals surface area contributed by atoms with Crippen molar-refractivity contribution < 1.29 is 53.9 Å². The Morgan fingerprint density at radius 2 is 1.57 bits per heavy atom. The van der Waals surface area contributed by atoms with Gasteiger partial charge in [-0.25, -0.2) is 0 Å². The van der Waals surface area contributed by atoms with Crippen molar-refractivity contribution in [1.29, 1.82) is 0 Å². The Labute approximate surface area is 241 Å². The van der Waals surface area contributed by atoms with E-state index in [9.17, 15) is 44.1 Å². The minimum atomic E-state index is -1.64. The third kappa shape index (κ3) is 10.3. The number of carboxylic acids is 1. The topological polar surface area (TPSA) is 232 Å². The van der Waals surface area contributed by atoms with Gasteiger partial charge in [0.05, 0.1) is 18.4 Å². The highest BCUT2D eigenvalue weighted by atomic mass is 33.5. The van der Waals surface area contributed by atoms with Crippen molar-refractivity contribution in [3.05, 3.63) is 0 Å². The van der Waals surface area contributed by atoms with Gasteiger partial charge in [0.1, 0.15) is 31.1 Å². The van der Waals surface area contributed by atoms with E-state index in [0.717, 1.165) is 4.90 Å². The average Bonchev–Trinajstić information content (AvgIpc) is 3.21. The van der Waals surface area contributed by atoms with E-state index < -0.39 is 72.7 Å². The van der Waals surface area contributed by atoms with Crippen LogP contribution in [0.25, 0.3) is 0 Å². The first-order valence-corrected chi connectivity index (χ1v) is 16.3. The molecule has 2 aliphatic rings. The zero-order chi connectivity index (χ0) is 29.8. The van der Waals surface area contributed by atoms with Crippen molar-refractivity contribution in [1.82, 2.24) is 20.9 Å². The maximum Gasteiger partial charge on any atom is 0.314 e. The fraction of sp³-hybridized carbons (Fsp3) is 0.727. The van der Waals surface area contributed by atoms with E-state index in [1.165, 1.54) is 31.4 Å². The first-order chi connectivity index (χ1) is 18.9. The highest BCUT2D eigenvalue weighted by Crippen LogP contribution is 2.36. The number of hydrogen-bond acceptors (Lipinski definition) is 13. The van der Waals surface area contributed by atoms with Crippen molar-refractivity contribution in [3.8, 4) is 0 Å². The summed E-state index contributed by atoms with van der Waals surface area (Å²) >= 11 is 0. The van der Waals surface area contributed by atoms with Gasteiger partial charge in [0.25, 0.3) is 0 Å². The quantitative estimate of drug-likeness (QED) is 0.0394. The minimum Gasteiger partial charge on any atom is -0.481 e. The maximum atomic E-state index is 12.4. The number of hydrogen-bond donors (Lipinski definition) is 7. The van der Waals surface area contributed by atoms with Crippen LogP contribution in [0.15, 0.2) is 0 Å². The van der Waals surface area contributed by atoms with Gasteiger partial charge in [0, 0.05) is 37.4 Å². The number of fused-ring (bicyclic) bond motifs is 1. The molecule has 2 fully saturated rings. The van der Waals surface area contributed by atoms with Crippen molar-refractivity contribution in [2.75, 3.05) is 31.2 Å². The lowest BCUT2D eigenvalue weighted by atomic mass is 9.92. The molecule has 4 amide bonds. The number of esters is 1. The molecule has 0 bridgehead atoms. The zero-order valence-electron chi connectivity index (χ0n) is 21.6. The Balaban J connectivity index is 1.55. The first-order valence-electron chi connectivity index (χ1n) is 12.4. The van der Waals surface area contributed by atoms with Crippen LogP contribution in [-0.2, 0) is 33.5 Å². The molecule has 7 N–H and O–H groups in total. The summed E-state index contributed by atoms with van der Waals surface area (Å²) in [6.45, 7) is 1.65. The minimum absolute atomic E-state index is 0.113. The zero-order valence-corrected chi connectivity index (χ0v) is 24.1. The molecule has 6 atom stereocenters. The summed E-state index contributed by atoms with van der Waals surface area (Å²) < 4.78 is 5.25. The molecule has 0 aromatic carbocycles. The van der Waals surface area contributed by atoms with Gasteiger partial charge in [-0.2, -0.15) is 0 Å². The summed E-state index contributed by atoms with van der Waals surface area (Å²) in [5.41, 5.74) is 0. The Hall–Kier alpha value is -2.25. The average molecular weight is 627 g/mol. The first kappa shape index (κ1) is 34.0. The molecule has 0 radical (unpaired) electrons. The Morgan fingerprint density at radius 3 is 2.23 bits per heavy atom. The molecule has 15 nitrogen and oxygen atoms in total. The standard InChI is InChI=1S/C22H34N4O11S3/c1-11(4-8-38-40-39-9-5-14(28)24-7-6-23-13(27)2-3-15(29)30)22(36)37-10-12-16(31)17(32)18(33)19-25-20(34)21(35)26(12)19/h11-12,16-19,31-33H,2-10H2,1H3,(H,23,27)(H,24,28)(H,25,34)(H,29,30)/t11?,12-,16-,17+,18+,19+/m1/s1. The van der Waals surface area contributed by atoms with Crippen LogP contribution in [0.1, 0.15) is 32.6 Å². The van der Waals surface area contributed by atoms with Crippen LogP contribution in [0.3, 0.4) is 0 Å². The van der Waals surface area contributed by atoms with E-state index in [4.69, 9.17) is 9.84 Å². The van der Waals surface area contributed by atoms with Gasteiger partial charge in [-0.1, -0.05) is 28.5 Å². The molecule has 40 heavy (non-hydrogen) atoms. The van der Waals surface area contributed by atoms with Crippen molar-refractivity contribution >= 4 is 67.0 Å². The number of nitrogens with zero attached hydrogens (tertiary/aromatic N) is 1. The third-order valence-corrected chi connectivity index (χ3v) is 10.3. The van der Waals surface area contributed by atoms with Crippen LogP contribution >= 0.6 is 31.4 Å². The summed E-state index contributed by atoms with van der Waals surface area (Å²) in [5.74, 6) is -3.54. The van der Waals surface area contributed by atoms with E-state index in [0.29, 0.717) is 17.9 Å². The van der Waals surface area contributed by atoms with E-state index in [-0.39, 0.29) is 38.3 Å². The molecule has 0 spiro atoms. The van der Waals surface area contributed by atoms with Gasteiger partial charge in [0.15, 0.2) is 0 Å². The number of aliphatic hydroxyl groups is 3. The van der Waals surface area contributed by atoms with Crippen LogP contribution in [0.4, 0.5) is 0 Å². The second-order valence-electron chi connectivity index (χ2n) is 9.05. The van der Waals surface area contributed by atoms with E-state index in [2.05, 4.69) is 16.0 Å². The van der Waals surface area contributed by atoms with Crippen molar-refractivity contribution in [2.24, 2.45) is 5.92 Å². The number of carbonyl (C=O) groups is 6. The number of carboxylic acid groups (broad SMARTS) is 1. The molecule has 2 rings (SSSR count). The molecule has 18 heteroatoms. The van der Waals surface area contributed by atoms with E-state index in [1.54, 1.807) is 6.92 Å². The van der Waals surface area contributed by atoms with Gasteiger partial charge in [-0.3, -0.25) is 28.8 Å².